The van der Waals surface area contributed by atoms with Crippen molar-refractivity contribution in [2.75, 3.05) is 24.5 Å². The van der Waals surface area contributed by atoms with Gasteiger partial charge in [-0.15, -0.1) is 0 Å². The first kappa shape index (κ1) is 19.3. The molecule has 1 aromatic heterocycles. The third kappa shape index (κ3) is 3.74. The molecule has 0 aliphatic carbocycles. The highest BCUT2D eigenvalue weighted by Crippen LogP contribution is 2.35. The highest BCUT2D eigenvalue weighted by atomic mass is 16.5. The van der Waals surface area contributed by atoms with Crippen LogP contribution in [0.4, 0.5) is 5.69 Å². The molecule has 2 aromatic carbocycles. The Morgan fingerprint density at radius 2 is 1.93 bits per heavy atom. The van der Waals surface area contributed by atoms with Crippen LogP contribution in [-0.4, -0.2) is 35.6 Å². The first-order chi connectivity index (χ1) is 14.7. The van der Waals surface area contributed by atoms with Gasteiger partial charge in [0.1, 0.15) is 0 Å². The van der Waals surface area contributed by atoms with Gasteiger partial charge in [0, 0.05) is 24.5 Å². The van der Waals surface area contributed by atoms with E-state index in [0.29, 0.717) is 13.0 Å². The van der Waals surface area contributed by atoms with E-state index in [0.717, 1.165) is 53.2 Å². The second-order valence-electron chi connectivity index (χ2n) is 8.66. The largest absolute Gasteiger partial charge is 0.356 e. The number of hydrogen-bond donors (Lipinski definition) is 0. The molecule has 1 fully saturated rings. The molecule has 1 saturated heterocycles. The third-order valence-electron chi connectivity index (χ3n) is 6.74. The number of carbonyl (C=O) groups excluding carboxylic acids is 1. The maximum absolute atomic E-state index is 12.2. The maximum Gasteiger partial charge on any atom is 0.231 e. The summed E-state index contributed by atoms with van der Waals surface area (Å²) in [5.41, 5.74) is 5.34. The second-order valence-corrected chi connectivity index (χ2v) is 8.66. The Balaban J connectivity index is 1.19. The van der Waals surface area contributed by atoms with Crippen LogP contribution >= 0.6 is 0 Å². The van der Waals surface area contributed by atoms with Gasteiger partial charge in [-0.05, 0) is 68.8 Å². The Bertz CT molecular complexity index is 1040. The first-order valence-electron chi connectivity index (χ1n) is 11.2. The van der Waals surface area contributed by atoms with Gasteiger partial charge in [-0.2, -0.15) is 0 Å². The molecular weight excluding hydrogens is 374 g/mol. The van der Waals surface area contributed by atoms with Gasteiger partial charge in [0.05, 0.1) is 17.8 Å². The van der Waals surface area contributed by atoms with Crippen molar-refractivity contribution < 1.29 is 9.32 Å². The summed E-state index contributed by atoms with van der Waals surface area (Å²) < 4.78 is 5.63. The maximum atomic E-state index is 12.2. The van der Waals surface area contributed by atoms with Crippen molar-refractivity contribution in [3.63, 3.8) is 0 Å². The summed E-state index contributed by atoms with van der Waals surface area (Å²) >= 11 is 0. The fourth-order valence-electron chi connectivity index (χ4n) is 5.00. The average molecular weight is 404 g/mol. The van der Waals surface area contributed by atoms with Gasteiger partial charge >= 0.3 is 0 Å². The number of hydrogen-bond acceptors (Lipinski definition) is 4. The van der Waals surface area contributed by atoms with E-state index in [-0.39, 0.29) is 5.91 Å². The topological polar surface area (TPSA) is 49.6 Å². The number of nitrogens with zero attached hydrogens (tertiary/aromatic N) is 3. The molecule has 3 aromatic rings. The summed E-state index contributed by atoms with van der Waals surface area (Å²) in [5, 5.41) is 5.46. The zero-order valence-corrected chi connectivity index (χ0v) is 17.6. The van der Waals surface area contributed by atoms with Crippen molar-refractivity contribution >= 4 is 22.6 Å². The molecule has 0 unspecified atom stereocenters. The molecule has 156 valence electrons. The van der Waals surface area contributed by atoms with Crippen LogP contribution in [0.1, 0.15) is 43.0 Å². The lowest BCUT2D eigenvalue weighted by Gasteiger charge is -2.31. The van der Waals surface area contributed by atoms with Crippen molar-refractivity contribution in [2.45, 2.75) is 45.6 Å². The quantitative estimate of drug-likeness (QED) is 0.604. The van der Waals surface area contributed by atoms with Gasteiger partial charge in [0.15, 0.2) is 5.58 Å². The first-order valence-corrected chi connectivity index (χ1v) is 11.2. The van der Waals surface area contributed by atoms with Gasteiger partial charge in [-0.25, -0.2) is 0 Å². The van der Waals surface area contributed by atoms with Crippen LogP contribution < -0.4 is 4.90 Å². The number of fused-ring (bicyclic) bond motifs is 2. The minimum absolute atomic E-state index is 0.178. The normalized spacial score (nSPS) is 17.8. The molecule has 0 N–H and O–H groups in total. The summed E-state index contributed by atoms with van der Waals surface area (Å²) in [4.78, 5) is 16.6. The number of aryl methyl sites for hydroxylation is 1. The van der Waals surface area contributed by atoms with Gasteiger partial charge in [-0.1, -0.05) is 35.5 Å². The van der Waals surface area contributed by atoms with Crippen molar-refractivity contribution in [3.05, 3.63) is 59.3 Å². The second kappa shape index (κ2) is 8.23. The van der Waals surface area contributed by atoms with E-state index in [4.69, 9.17) is 4.52 Å². The van der Waals surface area contributed by atoms with Crippen molar-refractivity contribution in [1.82, 2.24) is 10.1 Å². The van der Waals surface area contributed by atoms with Gasteiger partial charge in [0.2, 0.25) is 5.91 Å². The fourth-order valence-corrected chi connectivity index (χ4v) is 5.00. The summed E-state index contributed by atoms with van der Waals surface area (Å²) in [7, 11) is 0. The van der Waals surface area contributed by atoms with Crippen LogP contribution in [0.2, 0.25) is 0 Å². The Morgan fingerprint density at radius 3 is 2.70 bits per heavy atom. The molecule has 0 saturated carbocycles. The lowest BCUT2D eigenvalue weighted by atomic mass is 9.91. The molecule has 0 atom stereocenters. The van der Waals surface area contributed by atoms with E-state index in [1.54, 1.807) is 0 Å². The summed E-state index contributed by atoms with van der Waals surface area (Å²) in [6, 6.07) is 14.9. The number of anilines is 1. The number of aromatic nitrogens is 1. The molecule has 0 bridgehead atoms. The molecule has 2 aliphatic rings. The van der Waals surface area contributed by atoms with Gasteiger partial charge < -0.3 is 9.42 Å². The van der Waals surface area contributed by atoms with Crippen molar-refractivity contribution in [3.8, 4) is 0 Å². The van der Waals surface area contributed by atoms with E-state index >= 15 is 0 Å². The fraction of sp³-hybridized carbons (Fsp3) is 0.440. The lowest BCUT2D eigenvalue weighted by molar-refractivity contribution is -0.117. The Labute approximate surface area is 177 Å². The number of amides is 1. The molecule has 0 radical (unpaired) electrons. The average Bonchev–Trinajstić information content (AvgIpc) is 3.31. The predicted molar refractivity (Wildman–Crippen MR) is 119 cm³/mol. The zero-order chi connectivity index (χ0) is 20.5. The van der Waals surface area contributed by atoms with Crippen LogP contribution in [-0.2, 0) is 24.2 Å². The highest BCUT2D eigenvalue weighted by molar-refractivity contribution is 6.04. The van der Waals surface area contributed by atoms with E-state index < -0.39 is 0 Å². The van der Waals surface area contributed by atoms with Gasteiger partial charge in [0.25, 0.3) is 0 Å². The van der Waals surface area contributed by atoms with E-state index in [2.05, 4.69) is 46.5 Å². The van der Waals surface area contributed by atoms with Crippen LogP contribution in [0, 0.1) is 5.92 Å². The zero-order valence-electron chi connectivity index (χ0n) is 17.6. The number of rotatable bonds is 6. The van der Waals surface area contributed by atoms with Crippen LogP contribution in [0.5, 0.6) is 0 Å². The monoisotopic (exact) mass is 403 g/mol. The number of likely N-dealkylation sites (tertiary alicyclic amines) is 1. The number of carbonyl (C=O) groups is 1. The minimum Gasteiger partial charge on any atom is -0.356 e. The van der Waals surface area contributed by atoms with Crippen molar-refractivity contribution in [2.24, 2.45) is 5.92 Å². The van der Waals surface area contributed by atoms with Crippen LogP contribution in [0.15, 0.2) is 47.0 Å². The molecular formula is C25H29N3O2. The Morgan fingerprint density at radius 1 is 1.13 bits per heavy atom. The standard InChI is InChI=1S/C25H29N3O2/c1-2-28-23-16-24-21(14-20(23)15-25(28)29)22(26-30-24)9-8-18-10-12-27(13-11-18)17-19-6-4-3-5-7-19/h3-7,14,16,18H,2,8-13,15,17H2,1H3. The molecule has 2 aliphatic heterocycles. The smallest absolute Gasteiger partial charge is 0.231 e. The lowest BCUT2D eigenvalue weighted by Crippen LogP contribution is -2.33. The number of likely N-dealkylation sites (N-methyl/N-ethyl adjacent to an activating group) is 1. The van der Waals surface area contributed by atoms with Crippen LogP contribution in [0.3, 0.4) is 0 Å². The summed E-state index contributed by atoms with van der Waals surface area (Å²) in [6.45, 7) is 6.10. The molecule has 5 nitrogen and oxygen atoms in total. The molecule has 0 spiro atoms. The van der Waals surface area contributed by atoms with Gasteiger partial charge in [-0.3, -0.25) is 9.69 Å². The SMILES string of the molecule is CCN1C(=O)Cc2cc3c(CCC4CCN(Cc5ccccc5)CC4)noc3cc21. The third-order valence-corrected chi connectivity index (χ3v) is 6.74. The Hall–Kier alpha value is -2.66. The van der Waals surface area contributed by atoms with E-state index in [1.165, 1.54) is 31.5 Å². The number of benzene rings is 2. The summed E-state index contributed by atoms with van der Waals surface area (Å²) in [5.74, 6) is 0.923. The predicted octanol–water partition coefficient (Wildman–Crippen LogP) is 4.58. The number of piperidine rings is 1. The summed E-state index contributed by atoms with van der Waals surface area (Å²) in [6.07, 6.45) is 5.08. The van der Waals surface area contributed by atoms with Crippen molar-refractivity contribution in [1.29, 1.82) is 0 Å². The van der Waals surface area contributed by atoms with Crippen LogP contribution in [0.25, 0.3) is 11.0 Å². The molecule has 5 rings (SSSR count). The minimum atomic E-state index is 0.178. The van der Waals surface area contributed by atoms with E-state index in [1.807, 2.05) is 17.9 Å². The molecule has 3 heterocycles. The molecule has 5 heteroatoms. The molecule has 30 heavy (non-hydrogen) atoms. The highest BCUT2D eigenvalue weighted by Gasteiger charge is 2.28. The molecule has 1 amide bonds. The van der Waals surface area contributed by atoms with E-state index in [9.17, 15) is 4.79 Å². The Kier molecular flexibility index (Phi) is 5.30.